The largest absolute Gasteiger partial charge is 0.492 e. The minimum Gasteiger partial charge on any atom is -0.492 e. The standard InChI is InChI=1S/C16H21NO2/c1-4-16(18,12(2)3)15(10-17)9-13-7-5-6-8-14(13)19-11-15/h5-8,12,18H,4,9,11H2,1-3H3. The molecule has 2 rings (SSSR count). The van der Waals surface area contributed by atoms with Crippen LogP contribution in [0, 0.1) is 22.7 Å². The third kappa shape index (κ3) is 2.01. The summed E-state index contributed by atoms with van der Waals surface area (Å²) >= 11 is 0. The lowest BCUT2D eigenvalue weighted by Gasteiger charge is -2.47. The van der Waals surface area contributed by atoms with Crippen molar-refractivity contribution in [2.75, 3.05) is 6.61 Å². The van der Waals surface area contributed by atoms with Gasteiger partial charge in [0, 0.05) is 6.42 Å². The molecule has 1 aliphatic rings. The van der Waals surface area contributed by atoms with Crippen LogP contribution in [0.3, 0.4) is 0 Å². The first-order valence-corrected chi connectivity index (χ1v) is 6.83. The first-order chi connectivity index (χ1) is 8.99. The van der Waals surface area contributed by atoms with E-state index in [0.29, 0.717) is 12.8 Å². The number of ether oxygens (including phenoxy) is 1. The Morgan fingerprint density at radius 3 is 2.74 bits per heavy atom. The third-order valence-corrected chi connectivity index (χ3v) is 4.48. The lowest BCUT2D eigenvalue weighted by atomic mass is 9.62. The molecule has 1 aliphatic heterocycles. The van der Waals surface area contributed by atoms with Crippen LogP contribution in [-0.4, -0.2) is 17.3 Å². The molecule has 102 valence electrons. The number of benzene rings is 1. The summed E-state index contributed by atoms with van der Waals surface area (Å²) in [6.45, 7) is 6.11. The van der Waals surface area contributed by atoms with Gasteiger partial charge in [-0.2, -0.15) is 5.26 Å². The number of para-hydroxylation sites is 1. The Labute approximate surface area is 114 Å². The van der Waals surface area contributed by atoms with Crippen molar-refractivity contribution in [2.24, 2.45) is 11.3 Å². The van der Waals surface area contributed by atoms with E-state index >= 15 is 0 Å². The number of nitrogens with zero attached hydrogens (tertiary/aromatic N) is 1. The van der Waals surface area contributed by atoms with Crippen molar-refractivity contribution in [3.05, 3.63) is 29.8 Å². The SMILES string of the molecule is CCC(O)(C(C)C)C1(C#N)COc2ccccc2C1. The quantitative estimate of drug-likeness (QED) is 0.908. The molecule has 0 aromatic heterocycles. The van der Waals surface area contributed by atoms with Gasteiger partial charge in [-0.15, -0.1) is 0 Å². The maximum atomic E-state index is 11.0. The van der Waals surface area contributed by atoms with Gasteiger partial charge in [0.05, 0.1) is 11.7 Å². The zero-order chi connectivity index (χ0) is 14.1. The molecule has 0 fully saturated rings. The Bertz CT molecular complexity index is 506. The van der Waals surface area contributed by atoms with E-state index in [9.17, 15) is 10.4 Å². The summed E-state index contributed by atoms with van der Waals surface area (Å²) in [6, 6.07) is 10.1. The van der Waals surface area contributed by atoms with Crippen LogP contribution < -0.4 is 4.74 Å². The zero-order valence-corrected chi connectivity index (χ0v) is 11.8. The molecule has 1 aromatic rings. The van der Waals surface area contributed by atoms with E-state index in [4.69, 9.17) is 4.74 Å². The lowest BCUT2D eigenvalue weighted by molar-refractivity contribution is -0.115. The van der Waals surface area contributed by atoms with Crippen LogP contribution >= 0.6 is 0 Å². The van der Waals surface area contributed by atoms with Gasteiger partial charge < -0.3 is 9.84 Å². The average Bonchev–Trinajstić information content (AvgIpc) is 2.45. The minimum atomic E-state index is -1.03. The Morgan fingerprint density at radius 1 is 1.47 bits per heavy atom. The van der Waals surface area contributed by atoms with Crippen LogP contribution in [0.15, 0.2) is 24.3 Å². The molecule has 3 nitrogen and oxygen atoms in total. The normalized spacial score (nSPS) is 25.1. The summed E-state index contributed by atoms with van der Waals surface area (Å²) in [5.41, 5.74) is -0.901. The van der Waals surface area contributed by atoms with Crippen LogP contribution in [0.2, 0.25) is 0 Å². The highest BCUT2D eigenvalue weighted by atomic mass is 16.5. The molecule has 0 amide bonds. The van der Waals surface area contributed by atoms with Gasteiger partial charge in [-0.05, 0) is 24.0 Å². The molecule has 0 aliphatic carbocycles. The maximum absolute atomic E-state index is 11.0. The van der Waals surface area contributed by atoms with Gasteiger partial charge in [0.25, 0.3) is 0 Å². The highest BCUT2D eigenvalue weighted by Crippen LogP contribution is 2.46. The highest BCUT2D eigenvalue weighted by molar-refractivity contribution is 5.38. The number of hydrogen-bond donors (Lipinski definition) is 1. The predicted molar refractivity (Wildman–Crippen MR) is 73.8 cm³/mol. The Balaban J connectivity index is 2.45. The molecule has 0 spiro atoms. The Morgan fingerprint density at radius 2 is 2.16 bits per heavy atom. The topological polar surface area (TPSA) is 53.2 Å². The summed E-state index contributed by atoms with van der Waals surface area (Å²) in [5.74, 6) is 0.835. The monoisotopic (exact) mass is 259 g/mol. The second kappa shape index (κ2) is 4.86. The van der Waals surface area contributed by atoms with Crippen molar-refractivity contribution in [2.45, 2.75) is 39.2 Å². The van der Waals surface area contributed by atoms with Crippen LogP contribution in [0.25, 0.3) is 0 Å². The van der Waals surface area contributed by atoms with Gasteiger partial charge in [0.15, 0.2) is 0 Å². The Kier molecular flexibility index (Phi) is 3.56. The molecule has 19 heavy (non-hydrogen) atoms. The maximum Gasteiger partial charge on any atom is 0.124 e. The number of nitriles is 1. The third-order valence-electron chi connectivity index (χ3n) is 4.48. The van der Waals surface area contributed by atoms with Gasteiger partial charge in [-0.3, -0.25) is 0 Å². The molecule has 2 unspecified atom stereocenters. The van der Waals surface area contributed by atoms with Gasteiger partial charge >= 0.3 is 0 Å². The van der Waals surface area contributed by atoms with E-state index in [0.717, 1.165) is 11.3 Å². The first-order valence-electron chi connectivity index (χ1n) is 6.83. The zero-order valence-electron chi connectivity index (χ0n) is 11.8. The molecular weight excluding hydrogens is 238 g/mol. The molecule has 1 N–H and O–H groups in total. The smallest absolute Gasteiger partial charge is 0.124 e. The molecule has 2 atom stereocenters. The van der Waals surface area contributed by atoms with Gasteiger partial charge in [-0.25, -0.2) is 0 Å². The second-order valence-corrected chi connectivity index (χ2v) is 5.70. The summed E-state index contributed by atoms with van der Waals surface area (Å²) < 4.78 is 5.75. The predicted octanol–water partition coefficient (Wildman–Crippen LogP) is 2.93. The summed E-state index contributed by atoms with van der Waals surface area (Å²) in [5, 5.41) is 20.7. The van der Waals surface area contributed by atoms with Crippen molar-refractivity contribution in [3.8, 4) is 11.8 Å². The van der Waals surface area contributed by atoms with Crippen molar-refractivity contribution < 1.29 is 9.84 Å². The lowest BCUT2D eigenvalue weighted by Crippen LogP contribution is -2.56. The minimum absolute atomic E-state index is 0.00557. The van der Waals surface area contributed by atoms with Crippen LogP contribution in [0.4, 0.5) is 0 Å². The van der Waals surface area contributed by atoms with Crippen molar-refractivity contribution in [1.29, 1.82) is 5.26 Å². The van der Waals surface area contributed by atoms with E-state index in [2.05, 4.69) is 6.07 Å². The van der Waals surface area contributed by atoms with E-state index < -0.39 is 11.0 Å². The molecule has 0 radical (unpaired) electrons. The van der Waals surface area contributed by atoms with Crippen LogP contribution in [0.5, 0.6) is 5.75 Å². The van der Waals surface area contributed by atoms with Gasteiger partial charge in [-0.1, -0.05) is 39.0 Å². The number of rotatable bonds is 3. The van der Waals surface area contributed by atoms with E-state index in [1.54, 1.807) is 0 Å². The van der Waals surface area contributed by atoms with Crippen molar-refractivity contribution in [1.82, 2.24) is 0 Å². The number of aliphatic hydroxyl groups is 1. The van der Waals surface area contributed by atoms with Crippen molar-refractivity contribution in [3.63, 3.8) is 0 Å². The van der Waals surface area contributed by atoms with Crippen LogP contribution in [0.1, 0.15) is 32.8 Å². The molecule has 1 aromatic carbocycles. The second-order valence-electron chi connectivity index (χ2n) is 5.70. The molecule has 3 heteroatoms. The molecular formula is C16H21NO2. The first kappa shape index (κ1) is 13.9. The molecule has 0 bridgehead atoms. The molecule has 0 saturated heterocycles. The van der Waals surface area contributed by atoms with E-state index in [1.807, 2.05) is 45.0 Å². The highest BCUT2D eigenvalue weighted by Gasteiger charge is 2.54. The fourth-order valence-electron chi connectivity index (χ4n) is 3.11. The summed E-state index contributed by atoms with van der Waals surface area (Å²) in [4.78, 5) is 0. The number of fused-ring (bicyclic) bond motifs is 1. The average molecular weight is 259 g/mol. The molecule has 1 heterocycles. The van der Waals surface area contributed by atoms with Gasteiger partial charge in [0.1, 0.15) is 17.8 Å². The fourth-order valence-corrected chi connectivity index (χ4v) is 3.11. The molecule has 0 saturated carbocycles. The van der Waals surface area contributed by atoms with Gasteiger partial charge in [0.2, 0.25) is 0 Å². The fraction of sp³-hybridized carbons (Fsp3) is 0.562. The summed E-state index contributed by atoms with van der Waals surface area (Å²) in [7, 11) is 0. The van der Waals surface area contributed by atoms with Crippen LogP contribution in [-0.2, 0) is 6.42 Å². The van der Waals surface area contributed by atoms with E-state index in [1.165, 1.54) is 0 Å². The van der Waals surface area contributed by atoms with E-state index in [-0.39, 0.29) is 12.5 Å². The number of hydrogen-bond acceptors (Lipinski definition) is 3. The van der Waals surface area contributed by atoms with Crippen molar-refractivity contribution >= 4 is 0 Å². The summed E-state index contributed by atoms with van der Waals surface area (Å²) in [6.07, 6.45) is 1.09. The Hall–Kier alpha value is -1.53.